The van der Waals surface area contributed by atoms with Crippen molar-refractivity contribution in [3.8, 4) is 22.8 Å². The van der Waals surface area contributed by atoms with Crippen molar-refractivity contribution in [2.24, 2.45) is 5.73 Å². The van der Waals surface area contributed by atoms with Crippen molar-refractivity contribution in [1.29, 1.82) is 0 Å². The van der Waals surface area contributed by atoms with Crippen molar-refractivity contribution in [3.63, 3.8) is 0 Å². The molecule has 0 aliphatic carbocycles. The first-order valence-corrected chi connectivity index (χ1v) is 8.40. The predicted octanol–water partition coefficient (Wildman–Crippen LogP) is 3.44. The highest BCUT2D eigenvalue weighted by atomic mass is 16.3. The number of amides is 1. The summed E-state index contributed by atoms with van der Waals surface area (Å²) < 4.78 is 5.18. The van der Waals surface area contributed by atoms with Gasteiger partial charge < -0.3 is 15.5 Å². The topological polar surface area (TPSA) is 110 Å². The molecular formula is C20H17N5O2. The minimum atomic E-state index is -0.261. The number of furan rings is 1. The maximum absolute atomic E-state index is 12.3. The standard InChI is InChI=1S/C20H17N5O2/c21-12-17-16(10-11-27-17)20(26)22-15-8-6-14(7-9-15)19-23-18(24-25-19)13-4-2-1-3-5-13/h1-11H,12,21H2,(H,22,26)(H,23,24,25). The monoisotopic (exact) mass is 359 g/mol. The second-order valence-electron chi connectivity index (χ2n) is 5.87. The molecule has 1 amide bonds. The van der Waals surface area contributed by atoms with E-state index < -0.39 is 0 Å². The molecule has 0 bridgehead atoms. The first-order chi connectivity index (χ1) is 13.2. The number of anilines is 1. The van der Waals surface area contributed by atoms with Gasteiger partial charge in [0.15, 0.2) is 11.6 Å². The minimum Gasteiger partial charge on any atom is -0.467 e. The van der Waals surface area contributed by atoms with E-state index in [4.69, 9.17) is 10.2 Å². The zero-order chi connectivity index (χ0) is 18.6. The van der Waals surface area contributed by atoms with Gasteiger partial charge in [-0.15, -0.1) is 0 Å². The zero-order valence-corrected chi connectivity index (χ0v) is 14.3. The molecule has 0 unspecified atom stereocenters. The minimum absolute atomic E-state index is 0.171. The number of hydrogen-bond acceptors (Lipinski definition) is 5. The average molecular weight is 359 g/mol. The van der Waals surface area contributed by atoms with Crippen LogP contribution < -0.4 is 11.1 Å². The number of nitrogens with two attached hydrogens (primary N) is 1. The maximum Gasteiger partial charge on any atom is 0.259 e. The lowest BCUT2D eigenvalue weighted by atomic mass is 10.1. The maximum atomic E-state index is 12.3. The fourth-order valence-corrected chi connectivity index (χ4v) is 2.72. The fourth-order valence-electron chi connectivity index (χ4n) is 2.72. The molecule has 0 fully saturated rings. The van der Waals surface area contributed by atoms with Crippen LogP contribution in [0.2, 0.25) is 0 Å². The van der Waals surface area contributed by atoms with Crippen molar-refractivity contribution in [2.75, 3.05) is 5.32 Å². The van der Waals surface area contributed by atoms with Crippen molar-refractivity contribution in [2.45, 2.75) is 6.54 Å². The molecule has 2 aromatic carbocycles. The van der Waals surface area contributed by atoms with E-state index >= 15 is 0 Å². The Labute approximate surface area is 155 Å². The third kappa shape index (κ3) is 3.49. The number of rotatable bonds is 5. The van der Waals surface area contributed by atoms with Crippen LogP contribution >= 0.6 is 0 Å². The van der Waals surface area contributed by atoms with Gasteiger partial charge in [0.1, 0.15) is 5.76 Å². The normalized spacial score (nSPS) is 10.7. The van der Waals surface area contributed by atoms with E-state index in [1.54, 1.807) is 18.2 Å². The third-order valence-electron chi connectivity index (χ3n) is 4.11. The molecule has 4 aromatic rings. The Morgan fingerprint density at radius 3 is 2.56 bits per heavy atom. The molecule has 0 saturated heterocycles. The van der Waals surface area contributed by atoms with Crippen LogP contribution in [0, 0.1) is 0 Å². The lowest BCUT2D eigenvalue weighted by molar-refractivity contribution is 0.102. The van der Waals surface area contributed by atoms with Crippen molar-refractivity contribution >= 4 is 11.6 Å². The fraction of sp³-hybridized carbons (Fsp3) is 0.0500. The Morgan fingerprint density at radius 2 is 1.81 bits per heavy atom. The van der Waals surface area contributed by atoms with Crippen LogP contribution in [0.4, 0.5) is 5.69 Å². The molecule has 0 aliphatic heterocycles. The summed E-state index contributed by atoms with van der Waals surface area (Å²) in [5.41, 5.74) is 8.47. The highest BCUT2D eigenvalue weighted by Crippen LogP contribution is 2.22. The Balaban J connectivity index is 1.50. The van der Waals surface area contributed by atoms with Gasteiger partial charge in [-0.1, -0.05) is 30.3 Å². The number of benzene rings is 2. The molecule has 134 valence electrons. The highest BCUT2D eigenvalue weighted by molar-refractivity contribution is 6.05. The number of aromatic nitrogens is 3. The van der Waals surface area contributed by atoms with Gasteiger partial charge in [-0.2, -0.15) is 5.10 Å². The molecule has 2 heterocycles. The van der Waals surface area contributed by atoms with Gasteiger partial charge in [-0.05, 0) is 30.3 Å². The number of carbonyl (C=O) groups excluding carboxylic acids is 1. The molecule has 4 rings (SSSR count). The summed E-state index contributed by atoms with van der Waals surface area (Å²) in [6.07, 6.45) is 1.45. The Hall–Kier alpha value is -3.71. The van der Waals surface area contributed by atoms with E-state index in [0.29, 0.717) is 28.7 Å². The van der Waals surface area contributed by atoms with E-state index in [9.17, 15) is 4.79 Å². The van der Waals surface area contributed by atoms with Crippen LogP contribution in [0.1, 0.15) is 16.1 Å². The van der Waals surface area contributed by atoms with Crippen molar-refractivity contribution in [1.82, 2.24) is 15.2 Å². The van der Waals surface area contributed by atoms with Crippen LogP contribution in [0.25, 0.3) is 22.8 Å². The van der Waals surface area contributed by atoms with E-state index in [1.165, 1.54) is 6.26 Å². The number of H-pyrrole nitrogens is 1. The van der Waals surface area contributed by atoms with Gasteiger partial charge in [0.2, 0.25) is 0 Å². The van der Waals surface area contributed by atoms with Crippen LogP contribution in [-0.4, -0.2) is 21.1 Å². The van der Waals surface area contributed by atoms with Gasteiger partial charge in [0.05, 0.1) is 18.4 Å². The van der Waals surface area contributed by atoms with Gasteiger partial charge >= 0.3 is 0 Å². The van der Waals surface area contributed by atoms with Crippen molar-refractivity contribution < 1.29 is 9.21 Å². The van der Waals surface area contributed by atoms with E-state index in [1.807, 2.05) is 42.5 Å². The SMILES string of the molecule is NCc1occc1C(=O)Nc1ccc(-c2nc(-c3ccccc3)n[nH]2)cc1. The molecule has 0 saturated carbocycles. The lowest BCUT2D eigenvalue weighted by Crippen LogP contribution is -2.14. The molecule has 0 atom stereocenters. The van der Waals surface area contributed by atoms with E-state index in [-0.39, 0.29) is 12.5 Å². The number of nitrogens with zero attached hydrogens (tertiary/aromatic N) is 2. The smallest absolute Gasteiger partial charge is 0.259 e. The Morgan fingerprint density at radius 1 is 1.04 bits per heavy atom. The first-order valence-electron chi connectivity index (χ1n) is 8.40. The number of aromatic amines is 1. The summed E-state index contributed by atoms with van der Waals surface area (Å²) in [5.74, 6) is 1.49. The van der Waals surface area contributed by atoms with E-state index in [2.05, 4.69) is 20.5 Å². The highest BCUT2D eigenvalue weighted by Gasteiger charge is 2.14. The van der Waals surface area contributed by atoms with E-state index in [0.717, 1.165) is 11.1 Å². The number of nitrogens with one attached hydrogen (secondary N) is 2. The summed E-state index contributed by atoms with van der Waals surface area (Å²) in [5, 5.41) is 10.0. The molecule has 0 aliphatic rings. The van der Waals surface area contributed by atoms with Crippen molar-refractivity contribution in [3.05, 3.63) is 78.3 Å². The molecule has 0 spiro atoms. The number of hydrogen-bond donors (Lipinski definition) is 3. The molecule has 2 aromatic heterocycles. The molecule has 0 radical (unpaired) electrons. The van der Waals surface area contributed by atoms with Crippen LogP contribution in [0.3, 0.4) is 0 Å². The van der Waals surface area contributed by atoms with Crippen LogP contribution in [0.5, 0.6) is 0 Å². The molecule has 27 heavy (non-hydrogen) atoms. The summed E-state index contributed by atoms with van der Waals surface area (Å²) in [4.78, 5) is 16.8. The second-order valence-corrected chi connectivity index (χ2v) is 5.87. The summed E-state index contributed by atoms with van der Waals surface area (Å²) >= 11 is 0. The quantitative estimate of drug-likeness (QED) is 0.505. The molecule has 4 N–H and O–H groups in total. The largest absolute Gasteiger partial charge is 0.467 e. The van der Waals surface area contributed by atoms with Gasteiger partial charge in [0.25, 0.3) is 5.91 Å². The third-order valence-corrected chi connectivity index (χ3v) is 4.11. The molecule has 7 nitrogen and oxygen atoms in total. The van der Waals surface area contributed by atoms with Crippen LogP contribution in [0.15, 0.2) is 71.3 Å². The summed E-state index contributed by atoms with van der Waals surface area (Å²) in [7, 11) is 0. The zero-order valence-electron chi connectivity index (χ0n) is 14.3. The molecular weight excluding hydrogens is 342 g/mol. The lowest BCUT2D eigenvalue weighted by Gasteiger charge is -2.05. The Bertz CT molecular complexity index is 1050. The van der Waals surface area contributed by atoms with Gasteiger partial charge in [-0.25, -0.2) is 4.98 Å². The summed E-state index contributed by atoms with van der Waals surface area (Å²) in [6, 6.07) is 18.7. The molecule has 7 heteroatoms. The van der Waals surface area contributed by atoms with Crippen LogP contribution in [-0.2, 0) is 6.54 Å². The first kappa shape index (κ1) is 16.7. The number of carbonyl (C=O) groups is 1. The summed E-state index contributed by atoms with van der Waals surface area (Å²) in [6.45, 7) is 0.171. The predicted molar refractivity (Wildman–Crippen MR) is 102 cm³/mol. The average Bonchev–Trinajstić information content (AvgIpc) is 3.39. The van der Waals surface area contributed by atoms with Gasteiger partial charge in [-0.3, -0.25) is 9.89 Å². The van der Waals surface area contributed by atoms with Gasteiger partial charge in [0, 0.05) is 16.8 Å². The second kappa shape index (κ2) is 7.27. The Kier molecular flexibility index (Phi) is 4.51.